The highest BCUT2D eigenvalue weighted by Crippen LogP contribution is 3.02. The quantitative estimate of drug-likeness (QED) is 0.613. The van der Waals surface area contributed by atoms with Crippen molar-refractivity contribution in [1.29, 1.82) is 0 Å². The smallest absolute Gasteiger partial charge is 0.310 e. The maximum atomic E-state index is 13.2. The van der Waals surface area contributed by atoms with E-state index in [4.69, 9.17) is 0 Å². The van der Waals surface area contributed by atoms with Crippen LogP contribution >= 0.6 is 10.2 Å². The predicted molar refractivity (Wildman–Crippen MR) is 86.3 cm³/mol. The number of nitrogens with zero attached hydrogens (tertiary/aromatic N) is 3. The standard InChI is InChI=1S/C14H12F6N4O2S/c1-7(8-2-4-9(5-3-8)27(16,17,18,19)20)24-12-11(10(6-15)23-24)13(25)22-14(26)21-12/h2-5,7H,6H2,1H3,(H2,21,22,25,26)/t7-/m0/s1. The Balaban J connectivity index is 2.12. The maximum Gasteiger partial charge on any atom is 0.310 e. The minimum atomic E-state index is -9.80. The van der Waals surface area contributed by atoms with Gasteiger partial charge < -0.3 is 5.11 Å². The Bertz CT molecular complexity index is 1090. The van der Waals surface area contributed by atoms with E-state index in [1.807, 2.05) is 4.98 Å². The number of fused-ring (bicyclic) bond motifs is 1. The fourth-order valence-corrected chi connectivity index (χ4v) is 3.26. The molecule has 0 aliphatic rings. The zero-order valence-corrected chi connectivity index (χ0v) is 14.3. The fourth-order valence-electron chi connectivity index (χ4n) is 2.61. The van der Waals surface area contributed by atoms with E-state index in [1.165, 1.54) is 6.92 Å². The van der Waals surface area contributed by atoms with Crippen molar-refractivity contribution in [2.24, 2.45) is 0 Å². The number of benzene rings is 1. The monoisotopic (exact) mass is 414 g/mol. The molecule has 0 unspecified atom stereocenters. The van der Waals surface area contributed by atoms with Crippen LogP contribution in [0.4, 0.5) is 23.8 Å². The SMILES string of the molecule is C[C@@H](c1ccc(S(F)(F)(F)(F)F)cc1)n1nc(CF)c2c(=O)[nH]c(O)nc21. The van der Waals surface area contributed by atoms with Gasteiger partial charge in [-0.25, -0.2) is 9.07 Å². The van der Waals surface area contributed by atoms with E-state index >= 15 is 0 Å². The van der Waals surface area contributed by atoms with Gasteiger partial charge in [0.15, 0.2) is 5.65 Å². The molecule has 0 fully saturated rings. The zero-order chi connectivity index (χ0) is 20.3. The molecular formula is C14H12F6N4O2S. The highest BCUT2D eigenvalue weighted by Gasteiger charge is 2.65. The molecule has 0 radical (unpaired) electrons. The van der Waals surface area contributed by atoms with Gasteiger partial charge in [-0.1, -0.05) is 31.6 Å². The van der Waals surface area contributed by atoms with E-state index in [9.17, 15) is 33.7 Å². The van der Waals surface area contributed by atoms with Crippen LogP contribution in [-0.2, 0) is 6.67 Å². The van der Waals surface area contributed by atoms with Gasteiger partial charge in [0.2, 0.25) is 0 Å². The van der Waals surface area contributed by atoms with Crippen molar-refractivity contribution >= 4 is 21.3 Å². The molecule has 0 spiro atoms. The summed E-state index contributed by atoms with van der Waals surface area (Å²) in [6.45, 7) is 0.304. The van der Waals surface area contributed by atoms with Gasteiger partial charge in [0.1, 0.15) is 22.7 Å². The van der Waals surface area contributed by atoms with E-state index in [-0.39, 0.29) is 34.4 Å². The third-order valence-corrected chi connectivity index (χ3v) is 5.09. The molecule has 27 heavy (non-hydrogen) atoms. The lowest BCUT2D eigenvalue weighted by atomic mass is 10.1. The summed E-state index contributed by atoms with van der Waals surface area (Å²) in [4.78, 5) is 15.5. The first kappa shape index (κ1) is 19.1. The molecule has 3 aromatic rings. The average molecular weight is 414 g/mol. The molecule has 13 heteroatoms. The second-order valence-corrected chi connectivity index (χ2v) is 8.24. The lowest BCUT2D eigenvalue weighted by molar-refractivity contribution is 0.364. The number of alkyl halides is 1. The molecule has 2 aromatic heterocycles. The molecule has 1 atom stereocenters. The number of halogens is 6. The van der Waals surface area contributed by atoms with Gasteiger partial charge in [0.25, 0.3) is 11.6 Å². The van der Waals surface area contributed by atoms with Crippen LogP contribution in [0, 0.1) is 0 Å². The Hall–Kier alpha value is -2.70. The zero-order valence-electron chi connectivity index (χ0n) is 13.5. The molecule has 3 rings (SSSR count). The second-order valence-electron chi connectivity index (χ2n) is 5.83. The lowest BCUT2D eigenvalue weighted by Gasteiger charge is -2.40. The molecule has 2 heterocycles. The van der Waals surface area contributed by atoms with E-state index in [2.05, 4.69) is 10.1 Å². The van der Waals surface area contributed by atoms with Crippen LogP contribution in [0.25, 0.3) is 11.0 Å². The van der Waals surface area contributed by atoms with Crippen LogP contribution in [0.3, 0.4) is 0 Å². The first-order valence-corrected chi connectivity index (χ1v) is 9.27. The minimum absolute atomic E-state index is 0.122. The van der Waals surface area contributed by atoms with Crippen molar-refractivity contribution in [3.05, 3.63) is 45.9 Å². The number of hydrogen-bond donors (Lipinski definition) is 2. The molecule has 0 saturated carbocycles. The summed E-state index contributed by atoms with van der Waals surface area (Å²) in [6, 6.07) is 0.484. The number of hydrogen-bond acceptors (Lipinski definition) is 4. The Morgan fingerprint density at radius 3 is 2.30 bits per heavy atom. The van der Waals surface area contributed by atoms with Crippen LogP contribution < -0.4 is 5.56 Å². The minimum Gasteiger partial charge on any atom is -0.480 e. The Morgan fingerprint density at radius 1 is 1.19 bits per heavy atom. The molecule has 0 aliphatic carbocycles. The average Bonchev–Trinajstić information content (AvgIpc) is 2.91. The van der Waals surface area contributed by atoms with E-state index < -0.39 is 39.4 Å². The van der Waals surface area contributed by atoms with Crippen LogP contribution in [-0.4, -0.2) is 24.9 Å². The predicted octanol–water partition coefficient (Wildman–Crippen LogP) is 4.56. The van der Waals surface area contributed by atoms with E-state index in [0.29, 0.717) is 0 Å². The van der Waals surface area contributed by atoms with Crippen LogP contribution in [0.1, 0.15) is 24.2 Å². The highest BCUT2D eigenvalue weighted by atomic mass is 32.5. The van der Waals surface area contributed by atoms with Crippen molar-refractivity contribution in [3.63, 3.8) is 0 Å². The number of aromatic amines is 1. The van der Waals surface area contributed by atoms with Crippen molar-refractivity contribution in [2.75, 3.05) is 0 Å². The molecule has 0 amide bonds. The summed E-state index contributed by atoms with van der Waals surface area (Å²) in [7, 11) is -9.80. The largest absolute Gasteiger partial charge is 0.480 e. The van der Waals surface area contributed by atoms with E-state index in [1.54, 1.807) is 0 Å². The van der Waals surface area contributed by atoms with Crippen LogP contribution in [0.5, 0.6) is 6.01 Å². The highest BCUT2D eigenvalue weighted by molar-refractivity contribution is 8.45. The molecule has 148 valence electrons. The van der Waals surface area contributed by atoms with E-state index in [0.717, 1.165) is 16.8 Å². The molecular weight excluding hydrogens is 402 g/mol. The molecule has 0 aliphatic heterocycles. The summed E-state index contributed by atoms with van der Waals surface area (Å²) in [5.41, 5.74) is -1.21. The third-order valence-electron chi connectivity index (χ3n) is 3.92. The van der Waals surface area contributed by atoms with Gasteiger partial charge in [-0.15, -0.1) is 0 Å². The molecule has 2 N–H and O–H groups in total. The summed E-state index contributed by atoms with van der Waals surface area (Å²) in [6.07, 6.45) is 0. The summed E-state index contributed by atoms with van der Waals surface area (Å²) in [5.74, 6) is 0. The van der Waals surface area contributed by atoms with Gasteiger partial charge in [-0.2, -0.15) is 10.1 Å². The maximum absolute atomic E-state index is 13.2. The number of aromatic hydroxyl groups is 1. The van der Waals surface area contributed by atoms with Gasteiger partial charge in [0.05, 0.1) is 6.04 Å². The number of aromatic nitrogens is 4. The number of H-pyrrole nitrogens is 1. The van der Waals surface area contributed by atoms with Crippen molar-refractivity contribution in [3.8, 4) is 6.01 Å². The van der Waals surface area contributed by atoms with Crippen molar-refractivity contribution in [2.45, 2.75) is 24.5 Å². The third kappa shape index (κ3) is 3.46. The normalized spacial score (nSPS) is 16.1. The lowest BCUT2D eigenvalue weighted by Crippen LogP contribution is -2.12. The molecule has 6 nitrogen and oxygen atoms in total. The van der Waals surface area contributed by atoms with Crippen molar-refractivity contribution in [1.82, 2.24) is 19.7 Å². The van der Waals surface area contributed by atoms with Crippen LogP contribution in [0.15, 0.2) is 34.0 Å². The first-order valence-electron chi connectivity index (χ1n) is 7.31. The van der Waals surface area contributed by atoms with Gasteiger partial charge in [0, 0.05) is 0 Å². The summed E-state index contributed by atoms with van der Waals surface area (Å²) >= 11 is 0. The Kier molecular flexibility index (Phi) is 3.66. The fraction of sp³-hybridized carbons (Fsp3) is 0.214. The number of nitrogens with one attached hydrogen (secondary N) is 1. The topological polar surface area (TPSA) is 83.8 Å². The first-order chi connectivity index (χ1) is 12.2. The molecule has 0 bridgehead atoms. The number of rotatable bonds is 4. The van der Waals surface area contributed by atoms with Crippen LogP contribution in [0.2, 0.25) is 0 Å². The second kappa shape index (κ2) is 5.18. The van der Waals surface area contributed by atoms with Gasteiger partial charge in [-0.3, -0.25) is 9.78 Å². The van der Waals surface area contributed by atoms with Gasteiger partial charge >= 0.3 is 10.2 Å². The molecule has 1 aromatic carbocycles. The Morgan fingerprint density at radius 2 is 1.78 bits per heavy atom. The summed E-state index contributed by atoms with van der Waals surface area (Å²) in [5, 5.41) is 13.1. The Labute approximate surface area is 147 Å². The van der Waals surface area contributed by atoms with Gasteiger partial charge in [-0.05, 0) is 24.6 Å². The van der Waals surface area contributed by atoms with Crippen molar-refractivity contribution < 1.29 is 28.9 Å². The summed E-state index contributed by atoms with van der Waals surface area (Å²) < 4.78 is 78.3. The molecule has 0 saturated heterocycles.